The first kappa shape index (κ1) is 12.8. The molecule has 0 atom stereocenters. The molecule has 0 N–H and O–H groups in total. The topological polar surface area (TPSA) is 43.4 Å². The molecule has 1 aromatic carbocycles. The fraction of sp³-hybridized carbons (Fsp3) is 0.333. The molecular weight excluding hydrogens is 259 g/mol. The molecule has 3 nitrogen and oxygen atoms in total. The third-order valence-corrected chi connectivity index (χ3v) is 3.31. The number of halogens is 2. The van der Waals surface area contributed by atoms with Crippen LogP contribution in [-0.2, 0) is 14.3 Å². The normalized spacial score (nSPS) is 12.8. The molecule has 0 aliphatic heterocycles. The van der Waals surface area contributed by atoms with Crippen molar-refractivity contribution in [1.29, 1.82) is 0 Å². The first-order valence-electron chi connectivity index (χ1n) is 4.11. The van der Waals surface area contributed by atoms with Crippen LogP contribution in [0.2, 0.25) is 0 Å². The Morgan fingerprint density at radius 1 is 1.20 bits per heavy atom. The lowest BCUT2D eigenvalue weighted by molar-refractivity contribution is 0.268. The lowest BCUT2D eigenvalue weighted by Gasteiger charge is -2.14. The highest BCUT2D eigenvalue weighted by atomic mass is 35.5. The molecule has 0 radical (unpaired) electrons. The first-order chi connectivity index (χ1) is 6.71. The molecular formula is C9H10Cl2O3S. The Bertz CT molecular complexity index is 431. The van der Waals surface area contributed by atoms with Gasteiger partial charge in [0.15, 0.2) is 0 Å². The molecule has 0 aliphatic carbocycles. The van der Waals surface area contributed by atoms with Crippen LogP contribution in [0.5, 0.6) is 0 Å². The van der Waals surface area contributed by atoms with Crippen LogP contribution < -0.4 is 0 Å². The van der Waals surface area contributed by atoms with Crippen molar-refractivity contribution in [2.45, 2.75) is 23.3 Å². The maximum absolute atomic E-state index is 11.6. The minimum Gasteiger partial charge on any atom is -0.227 e. The summed E-state index contributed by atoms with van der Waals surface area (Å²) in [6.07, 6.45) is 0. The number of hydrogen-bond acceptors (Lipinski definition) is 3. The Morgan fingerprint density at radius 3 is 2.07 bits per heavy atom. The number of rotatable bonds is 3. The van der Waals surface area contributed by atoms with E-state index in [0.29, 0.717) is 0 Å². The van der Waals surface area contributed by atoms with Crippen LogP contribution in [0.1, 0.15) is 12.5 Å². The summed E-state index contributed by atoms with van der Waals surface area (Å²) in [6.45, 7) is 3.09. The van der Waals surface area contributed by atoms with Crippen molar-refractivity contribution in [3.8, 4) is 0 Å². The zero-order valence-corrected chi connectivity index (χ0v) is 10.5. The summed E-state index contributed by atoms with van der Waals surface area (Å²) in [5.74, 6) is 0. The fourth-order valence-electron chi connectivity index (χ4n) is 0.946. The van der Waals surface area contributed by atoms with Gasteiger partial charge in [0.1, 0.15) is 0 Å². The third-order valence-electron chi connectivity index (χ3n) is 1.57. The number of hydrogen-bond donors (Lipinski definition) is 0. The highest BCUT2D eigenvalue weighted by Crippen LogP contribution is 2.27. The monoisotopic (exact) mass is 268 g/mol. The van der Waals surface area contributed by atoms with Gasteiger partial charge < -0.3 is 0 Å². The largest absolute Gasteiger partial charge is 0.299 e. The van der Waals surface area contributed by atoms with Gasteiger partial charge in [0, 0.05) is 0 Å². The van der Waals surface area contributed by atoms with Gasteiger partial charge in [-0.1, -0.05) is 40.9 Å². The maximum atomic E-state index is 11.6. The van der Waals surface area contributed by atoms with Gasteiger partial charge in [-0.3, -0.25) is 0 Å². The van der Waals surface area contributed by atoms with Crippen molar-refractivity contribution in [3.05, 3.63) is 29.8 Å². The molecule has 0 unspecified atom stereocenters. The minimum absolute atomic E-state index is 0.0284. The standard InChI is InChI=1S/C9H10Cl2O3S/c1-7-3-5-8(6-4-7)15(12,13)14-9(2,10)11/h3-6H,1-2H3. The molecule has 0 aromatic heterocycles. The Labute approximate surface area is 99.1 Å². The second kappa shape index (κ2) is 4.29. The van der Waals surface area contributed by atoms with Crippen LogP contribution >= 0.6 is 23.2 Å². The lowest BCUT2D eigenvalue weighted by Crippen LogP contribution is -2.18. The van der Waals surface area contributed by atoms with E-state index in [2.05, 4.69) is 4.18 Å². The Balaban J connectivity index is 3.02. The van der Waals surface area contributed by atoms with Crippen molar-refractivity contribution in [1.82, 2.24) is 0 Å². The lowest BCUT2D eigenvalue weighted by atomic mass is 10.2. The van der Waals surface area contributed by atoms with Crippen molar-refractivity contribution in [3.63, 3.8) is 0 Å². The molecule has 0 heterocycles. The van der Waals surface area contributed by atoms with Gasteiger partial charge in [0.2, 0.25) is 4.52 Å². The van der Waals surface area contributed by atoms with Gasteiger partial charge in [-0.15, -0.1) is 0 Å². The quantitative estimate of drug-likeness (QED) is 0.626. The predicted octanol–water partition coefficient (Wildman–Crippen LogP) is 2.85. The van der Waals surface area contributed by atoms with E-state index in [9.17, 15) is 8.42 Å². The van der Waals surface area contributed by atoms with Gasteiger partial charge in [0.25, 0.3) is 10.1 Å². The van der Waals surface area contributed by atoms with Gasteiger partial charge in [-0.25, -0.2) is 4.18 Å². The highest BCUT2D eigenvalue weighted by molar-refractivity contribution is 7.86. The van der Waals surface area contributed by atoms with Crippen molar-refractivity contribution in [2.75, 3.05) is 0 Å². The van der Waals surface area contributed by atoms with E-state index in [4.69, 9.17) is 23.2 Å². The molecule has 84 valence electrons. The molecule has 6 heteroatoms. The second-order valence-electron chi connectivity index (χ2n) is 3.16. The molecule has 0 aliphatic rings. The van der Waals surface area contributed by atoms with E-state index in [0.717, 1.165) is 5.56 Å². The third kappa shape index (κ3) is 3.99. The highest BCUT2D eigenvalue weighted by Gasteiger charge is 2.27. The summed E-state index contributed by atoms with van der Waals surface area (Å²) in [6, 6.07) is 6.19. The molecule has 0 saturated carbocycles. The van der Waals surface area contributed by atoms with E-state index in [1.54, 1.807) is 12.1 Å². The number of aryl methyl sites for hydroxylation is 1. The van der Waals surface area contributed by atoms with Gasteiger partial charge in [-0.05, 0) is 26.0 Å². The zero-order chi connectivity index (χ0) is 11.7. The summed E-state index contributed by atoms with van der Waals surface area (Å²) in [7, 11) is -3.90. The predicted molar refractivity (Wildman–Crippen MR) is 59.6 cm³/mol. The summed E-state index contributed by atoms with van der Waals surface area (Å²) in [5, 5.41) is 0. The molecule has 0 bridgehead atoms. The second-order valence-corrected chi connectivity index (χ2v) is 6.34. The van der Waals surface area contributed by atoms with Gasteiger partial charge >= 0.3 is 0 Å². The van der Waals surface area contributed by atoms with E-state index in [-0.39, 0.29) is 4.90 Å². The molecule has 1 aromatic rings. The molecule has 15 heavy (non-hydrogen) atoms. The van der Waals surface area contributed by atoms with Crippen LogP contribution in [0, 0.1) is 6.92 Å². The van der Waals surface area contributed by atoms with Crippen LogP contribution in [0.3, 0.4) is 0 Å². The average molecular weight is 269 g/mol. The van der Waals surface area contributed by atoms with Gasteiger partial charge in [-0.2, -0.15) is 8.42 Å². The SMILES string of the molecule is Cc1ccc(S(=O)(=O)OC(C)(Cl)Cl)cc1. The molecule has 0 amide bonds. The van der Waals surface area contributed by atoms with Crippen LogP contribution in [0.4, 0.5) is 0 Å². The van der Waals surface area contributed by atoms with Crippen LogP contribution in [0.15, 0.2) is 29.2 Å². The smallest absolute Gasteiger partial charge is 0.227 e. The molecule has 1 rings (SSSR count). The van der Waals surface area contributed by atoms with E-state index >= 15 is 0 Å². The Morgan fingerprint density at radius 2 is 1.67 bits per heavy atom. The first-order valence-corrected chi connectivity index (χ1v) is 6.27. The Hall–Kier alpha value is -0.290. The van der Waals surface area contributed by atoms with Crippen LogP contribution in [-0.4, -0.2) is 12.9 Å². The summed E-state index contributed by atoms with van der Waals surface area (Å²) in [5.41, 5.74) is 0.952. The molecule has 0 fully saturated rings. The van der Waals surface area contributed by atoms with Crippen molar-refractivity contribution < 1.29 is 12.6 Å². The summed E-state index contributed by atoms with van der Waals surface area (Å²) < 4.78 is 25.9. The average Bonchev–Trinajstić information content (AvgIpc) is 2.00. The van der Waals surface area contributed by atoms with Crippen molar-refractivity contribution >= 4 is 33.3 Å². The zero-order valence-electron chi connectivity index (χ0n) is 8.20. The fourth-order valence-corrected chi connectivity index (χ4v) is 2.39. The number of benzene rings is 1. The number of alkyl halides is 2. The molecule has 0 saturated heterocycles. The van der Waals surface area contributed by atoms with E-state index < -0.39 is 14.6 Å². The maximum Gasteiger partial charge on any atom is 0.299 e. The molecule has 0 spiro atoms. The van der Waals surface area contributed by atoms with E-state index in [1.165, 1.54) is 19.1 Å². The Kier molecular flexibility index (Phi) is 3.66. The summed E-state index contributed by atoms with van der Waals surface area (Å²) in [4.78, 5) is 0.0284. The summed E-state index contributed by atoms with van der Waals surface area (Å²) >= 11 is 10.9. The van der Waals surface area contributed by atoms with Crippen molar-refractivity contribution in [2.24, 2.45) is 0 Å². The van der Waals surface area contributed by atoms with E-state index in [1.807, 2.05) is 6.92 Å². The minimum atomic E-state index is -3.90. The van der Waals surface area contributed by atoms with Crippen LogP contribution in [0.25, 0.3) is 0 Å². The van der Waals surface area contributed by atoms with Gasteiger partial charge in [0.05, 0.1) is 4.90 Å².